The Bertz CT molecular complexity index is 689. The molecule has 2 bridgehead atoms. The van der Waals surface area contributed by atoms with Gasteiger partial charge in [-0.05, 0) is 41.3 Å². The lowest BCUT2D eigenvalue weighted by Gasteiger charge is -2.22. The number of alkyl halides is 1. The van der Waals surface area contributed by atoms with Crippen LogP contribution < -0.4 is 0 Å². The van der Waals surface area contributed by atoms with Gasteiger partial charge in [0.05, 0.1) is 39.6 Å². The van der Waals surface area contributed by atoms with Crippen molar-refractivity contribution in [1.82, 2.24) is 9.55 Å². The van der Waals surface area contributed by atoms with Crippen LogP contribution in [-0.4, -0.2) is 21.8 Å². The fourth-order valence-electron chi connectivity index (χ4n) is 3.49. The van der Waals surface area contributed by atoms with Gasteiger partial charge in [-0.25, -0.2) is 9.37 Å². The van der Waals surface area contributed by atoms with Gasteiger partial charge in [0.1, 0.15) is 11.6 Å². The minimum absolute atomic E-state index is 0.239. The van der Waals surface area contributed by atoms with Crippen molar-refractivity contribution in [2.24, 2.45) is 0 Å². The summed E-state index contributed by atoms with van der Waals surface area (Å²) in [4.78, 5) is 4.48. The maximum absolute atomic E-state index is 13.7. The molecule has 0 spiro atoms. The topological polar surface area (TPSA) is 27.1 Å². The molecule has 0 N–H and O–H groups in total. The van der Waals surface area contributed by atoms with Crippen LogP contribution in [0.5, 0.6) is 0 Å². The molecule has 3 heterocycles. The lowest BCUT2D eigenvalue weighted by Crippen LogP contribution is -2.22. The number of nitrogens with zero attached hydrogens (tertiary/aromatic N) is 2. The summed E-state index contributed by atoms with van der Waals surface area (Å²) in [7, 11) is 0. The van der Waals surface area contributed by atoms with E-state index in [1.807, 2.05) is 0 Å². The van der Waals surface area contributed by atoms with Crippen molar-refractivity contribution in [3.63, 3.8) is 0 Å². The summed E-state index contributed by atoms with van der Waals surface area (Å²) >= 11 is 9.28. The molecule has 2 saturated heterocycles. The zero-order valence-corrected chi connectivity index (χ0v) is 13.0. The SMILES string of the molecule is Fc1cc2nc(CCl)n(C3CC4CCC3O4)c2cc1Br. The zero-order chi connectivity index (χ0) is 13.9. The number of benzene rings is 1. The lowest BCUT2D eigenvalue weighted by atomic mass is 9.95. The molecule has 2 aliphatic rings. The van der Waals surface area contributed by atoms with Crippen molar-refractivity contribution in [3.8, 4) is 0 Å². The molecule has 2 aliphatic heterocycles. The molecule has 2 aromatic rings. The Balaban J connectivity index is 1.90. The monoisotopic (exact) mass is 358 g/mol. The number of imidazole rings is 1. The van der Waals surface area contributed by atoms with E-state index in [-0.39, 0.29) is 18.0 Å². The first-order chi connectivity index (χ1) is 9.67. The van der Waals surface area contributed by atoms with Crippen molar-refractivity contribution in [3.05, 3.63) is 28.2 Å². The second-order valence-electron chi connectivity index (χ2n) is 5.46. The van der Waals surface area contributed by atoms with Crippen LogP contribution in [-0.2, 0) is 10.6 Å². The van der Waals surface area contributed by atoms with Crippen LogP contribution in [0.1, 0.15) is 31.1 Å². The largest absolute Gasteiger partial charge is 0.373 e. The molecule has 20 heavy (non-hydrogen) atoms. The fraction of sp³-hybridized carbons (Fsp3) is 0.500. The normalized spacial score (nSPS) is 28.6. The van der Waals surface area contributed by atoms with E-state index in [4.69, 9.17) is 16.3 Å². The third kappa shape index (κ3) is 1.83. The molecule has 0 amide bonds. The van der Waals surface area contributed by atoms with Gasteiger partial charge in [-0.15, -0.1) is 11.6 Å². The van der Waals surface area contributed by atoms with Gasteiger partial charge in [0.15, 0.2) is 0 Å². The molecule has 3 unspecified atom stereocenters. The van der Waals surface area contributed by atoms with Crippen LogP contribution in [0.2, 0.25) is 0 Å². The van der Waals surface area contributed by atoms with Crippen molar-refractivity contribution in [1.29, 1.82) is 0 Å². The molecule has 3 atom stereocenters. The second kappa shape index (κ2) is 4.68. The lowest BCUT2D eigenvalue weighted by molar-refractivity contribution is 0.0940. The molecule has 4 rings (SSSR count). The highest BCUT2D eigenvalue weighted by Gasteiger charge is 2.42. The predicted molar refractivity (Wildman–Crippen MR) is 78.5 cm³/mol. The van der Waals surface area contributed by atoms with Gasteiger partial charge in [0.25, 0.3) is 0 Å². The average Bonchev–Trinajstić information content (AvgIpc) is 3.12. The Morgan fingerprint density at radius 2 is 2.30 bits per heavy atom. The van der Waals surface area contributed by atoms with Gasteiger partial charge in [-0.3, -0.25) is 0 Å². The van der Waals surface area contributed by atoms with Crippen molar-refractivity contribution in [2.75, 3.05) is 0 Å². The standard InChI is InChI=1S/C14H13BrClFN2O/c15-8-4-11-10(5-9(8)17)18-14(6-16)19(11)12-3-7-1-2-13(12)20-7/h4-5,7,12-13H,1-3,6H2. The summed E-state index contributed by atoms with van der Waals surface area (Å²) < 4.78 is 22.2. The Morgan fingerprint density at radius 1 is 1.45 bits per heavy atom. The molecular formula is C14H13BrClFN2O. The van der Waals surface area contributed by atoms with Gasteiger partial charge < -0.3 is 9.30 Å². The summed E-state index contributed by atoms with van der Waals surface area (Å²) in [5.41, 5.74) is 1.58. The highest BCUT2D eigenvalue weighted by atomic mass is 79.9. The maximum Gasteiger partial charge on any atom is 0.139 e. The third-order valence-corrected chi connectivity index (χ3v) is 5.18. The summed E-state index contributed by atoms with van der Waals surface area (Å²) in [5.74, 6) is 0.815. The molecule has 0 radical (unpaired) electrons. The number of rotatable bonds is 2. The Hall–Kier alpha value is -0.650. The van der Waals surface area contributed by atoms with Crippen LogP contribution in [0.15, 0.2) is 16.6 Å². The maximum atomic E-state index is 13.7. The van der Waals surface area contributed by atoms with Crippen LogP contribution in [0.4, 0.5) is 4.39 Å². The van der Waals surface area contributed by atoms with Crippen LogP contribution in [0.3, 0.4) is 0 Å². The highest BCUT2D eigenvalue weighted by Crippen LogP contribution is 2.43. The van der Waals surface area contributed by atoms with Crippen LogP contribution in [0, 0.1) is 5.82 Å². The Morgan fingerprint density at radius 3 is 2.95 bits per heavy atom. The van der Waals surface area contributed by atoms with E-state index < -0.39 is 0 Å². The van der Waals surface area contributed by atoms with E-state index in [2.05, 4.69) is 25.5 Å². The van der Waals surface area contributed by atoms with Crippen LogP contribution >= 0.6 is 27.5 Å². The van der Waals surface area contributed by atoms with Crippen molar-refractivity contribution in [2.45, 2.75) is 43.4 Å². The molecule has 0 saturated carbocycles. The van der Waals surface area contributed by atoms with Gasteiger partial charge in [-0.1, -0.05) is 0 Å². The molecule has 3 nitrogen and oxygen atoms in total. The predicted octanol–water partition coefficient (Wildman–Crippen LogP) is 4.17. The smallest absolute Gasteiger partial charge is 0.139 e. The number of fused-ring (bicyclic) bond motifs is 3. The van der Waals surface area contributed by atoms with E-state index in [0.29, 0.717) is 22.0 Å². The average molecular weight is 360 g/mol. The van der Waals surface area contributed by atoms with E-state index in [0.717, 1.165) is 30.6 Å². The molecule has 1 aromatic carbocycles. The minimum Gasteiger partial charge on any atom is -0.373 e. The molecule has 0 aliphatic carbocycles. The summed E-state index contributed by atoms with van der Waals surface area (Å²) in [6.07, 6.45) is 3.81. The first kappa shape index (κ1) is 13.0. The van der Waals surface area contributed by atoms with E-state index >= 15 is 0 Å². The highest BCUT2D eigenvalue weighted by molar-refractivity contribution is 9.10. The van der Waals surface area contributed by atoms with Crippen molar-refractivity contribution >= 4 is 38.6 Å². The Kier molecular flexibility index (Phi) is 3.05. The molecular weight excluding hydrogens is 347 g/mol. The van der Waals surface area contributed by atoms with Gasteiger partial charge in [-0.2, -0.15) is 0 Å². The number of halogens is 3. The first-order valence-corrected chi connectivity index (χ1v) is 8.07. The van der Waals surface area contributed by atoms with E-state index in [1.165, 1.54) is 6.07 Å². The number of ether oxygens (including phenoxy) is 1. The number of hydrogen-bond donors (Lipinski definition) is 0. The Labute approximate surface area is 129 Å². The summed E-state index contributed by atoms with van der Waals surface area (Å²) in [6, 6.07) is 3.52. The zero-order valence-electron chi connectivity index (χ0n) is 10.7. The summed E-state index contributed by atoms with van der Waals surface area (Å²) in [5, 5.41) is 0. The van der Waals surface area contributed by atoms with Gasteiger partial charge in [0, 0.05) is 6.07 Å². The molecule has 1 aromatic heterocycles. The van der Waals surface area contributed by atoms with E-state index in [1.54, 1.807) is 6.07 Å². The molecule has 6 heteroatoms. The minimum atomic E-state index is -0.299. The second-order valence-corrected chi connectivity index (χ2v) is 6.59. The first-order valence-electron chi connectivity index (χ1n) is 6.74. The summed E-state index contributed by atoms with van der Waals surface area (Å²) in [6.45, 7) is 0. The molecule has 2 fully saturated rings. The van der Waals surface area contributed by atoms with E-state index in [9.17, 15) is 4.39 Å². The van der Waals surface area contributed by atoms with Crippen molar-refractivity contribution < 1.29 is 9.13 Å². The quantitative estimate of drug-likeness (QED) is 0.753. The number of aromatic nitrogens is 2. The van der Waals surface area contributed by atoms with Gasteiger partial charge in [0.2, 0.25) is 0 Å². The number of hydrogen-bond acceptors (Lipinski definition) is 2. The fourth-order valence-corrected chi connectivity index (χ4v) is 4.01. The van der Waals surface area contributed by atoms with Gasteiger partial charge >= 0.3 is 0 Å². The molecule has 106 valence electrons. The van der Waals surface area contributed by atoms with Crippen LogP contribution in [0.25, 0.3) is 11.0 Å². The third-order valence-electron chi connectivity index (χ3n) is 4.33.